The summed E-state index contributed by atoms with van der Waals surface area (Å²) in [6.45, 7) is 7.54. The van der Waals surface area contributed by atoms with Crippen LogP contribution in [0.15, 0.2) is 73.1 Å². The average Bonchev–Trinajstić information content (AvgIpc) is 3.05. The summed E-state index contributed by atoms with van der Waals surface area (Å²) in [6, 6.07) is 21.0. The van der Waals surface area contributed by atoms with Gasteiger partial charge in [0.1, 0.15) is 5.69 Å². The Morgan fingerprint density at radius 2 is 1.50 bits per heavy atom. The number of fused-ring (bicyclic) bond motifs is 1. The van der Waals surface area contributed by atoms with Gasteiger partial charge in [-0.2, -0.15) is 0 Å². The molecule has 0 unspecified atom stereocenters. The highest BCUT2D eigenvalue weighted by molar-refractivity contribution is 5.65. The van der Waals surface area contributed by atoms with Crippen molar-refractivity contribution in [3.63, 3.8) is 0 Å². The lowest BCUT2D eigenvalue weighted by Gasteiger charge is -2.19. The van der Waals surface area contributed by atoms with Crippen molar-refractivity contribution < 1.29 is 0 Å². The van der Waals surface area contributed by atoms with E-state index in [1.54, 1.807) is 0 Å². The number of hydrogen-bond donors (Lipinski definition) is 0. The van der Waals surface area contributed by atoms with E-state index in [4.69, 9.17) is 4.98 Å². The van der Waals surface area contributed by atoms with Crippen molar-refractivity contribution in [2.45, 2.75) is 32.7 Å². The number of hydrogen-bond acceptors (Lipinski definition) is 2. The fourth-order valence-electron chi connectivity index (χ4n) is 3.09. The molecule has 0 aromatic heterocycles. The Bertz CT molecular complexity index is 976. The van der Waals surface area contributed by atoms with Crippen LogP contribution in [0, 0.1) is 0 Å². The van der Waals surface area contributed by atoms with E-state index in [1.807, 2.05) is 36.4 Å². The Balaban J connectivity index is 1.59. The highest BCUT2D eigenvalue weighted by Gasteiger charge is 2.14. The van der Waals surface area contributed by atoms with Gasteiger partial charge < -0.3 is 4.57 Å². The molecule has 2 aromatic carbocycles. The molecule has 4 rings (SSSR count). The lowest BCUT2D eigenvalue weighted by atomic mass is 9.87. The van der Waals surface area contributed by atoms with E-state index in [1.165, 1.54) is 11.1 Å². The molecule has 0 N–H and O–H groups in total. The minimum Gasteiger partial charge on any atom is -0.348 e. The summed E-state index contributed by atoms with van der Waals surface area (Å²) < 4.78 is 2.16. The summed E-state index contributed by atoms with van der Waals surface area (Å²) >= 11 is 0. The second-order valence-corrected chi connectivity index (χ2v) is 7.75. The molecule has 0 aliphatic carbocycles. The van der Waals surface area contributed by atoms with Crippen molar-refractivity contribution in [3.8, 4) is 22.8 Å². The molecule has 0 atom stereocenters. The molecule has 3 nitrogen and oxygen atoms in total. The maximum Gasteiger partial charge on any atom is 0.160 e. The maximum atomic E-state index is 4.70. The van der Waals surface area contributed by atoms with Gasteiger partial charge in [-0.1, -0.05) is 75.4 Å². The van der Waals surface area contributed by atoms with Crippen molar-refractivity contribution in [1.82, 2.24) is 14.5 Å². The lowest BCUT2D eigenvalue weighted by Crippen LogP contribution is -2.11. The first kappa shape index (κ1) is 16.5. The first-order valence-corrected chi connectivity index (χ1v) is 8.97. The third-order valence-corrected chi connectivity index (χ3v) is 4.64. The third-order valence-electron chi connectivity index (χ3n) is 4.64. The zero-order chi connectivity index (χ0) is 18.1. The molecule has 0 bridgehead atoms. The average molecular weight is 341 g/mol. The summed E-state index contributed by atoms with van der Waals surface area (Å²) in [5.41, 5.74) is 5.73. The van der Waals surface area contributed by atoms with Crippen LogP contribution in [0.5, 0.6) is 0 Å². The van der Waals surface area contributed by atoms with Gasteiger partial charge in [0.2, 0.25) is 0 Å². The second kappa shape index (κ2) is 6.41. The molecule has 0 saturated carbocycles. The minimum atomic E-state index is 0.184. The molecule has 2 aliphatic heterocycles. The first-order valence-electron chi connectivity index (χ1n) is 8.97. The highest BCUT2D eigenvalue weighted by atomic mass is 15.0. The van der Waals surface area contributed by atoms with Gasteiger partial charge in [0, 0.05) is 24.5 Å². The standard InChI is InChI=1S/C23H23N3/c1-23(2,3)19-11-9-17(10-12-19)15-26-14-13-20-21(16-26)25-22(24-20)18-7-5-4-6-8-18/h4-14,16H,15H2,1-3H3. The van der Waals surface area contributed by atoms with E-state index < -0.39 is 0 Å². The smallest absolute Gasteiger partial charge is 0.160 e. The zero-order valence-corrected chi connectivity index (χ0v) is 15.5. The SMILES string of the molecule is CC(C)(C)c1ccc(Cn2ccc3nc(-c4ccccc4)nc-3c2)cc1. The van der Waals surface area contributed by atoms with Gasteiger partial charge in [-0.3, -0.25) is 0 Å². The maximum absolute atomic E-state index is 4.70. The summed E-state index contributed by atoms with van der Waals surface area (Å²) in [4.78, 5) is 9.35. The van der Waals surface area contributed by atoms with Gasteiger partial charge in [-0.05, 0) is 22.6 Å². The number of imidazole rings is 1. The van der Waals surface area contributed by atoms with E-state index in [2.05, 4.69) is 67.0 Å². The van der Waals surface area contributed by atoms with Crippen LogP contribution in [0.1, 0.15) is 31.9 Å². The first-order chi connectivity index (χ1) is 12.5. The third kappa shape index (κ3) is 3.38. The summed E-state index contributed by atoms with van der Waals surface area (Å²) in [7, 11) is 0. The van der Waals surface area contributed by atoms with Crippen LogP contribution in [-0.4, -0.2) is 14.5 Å². The van der Waals surface area contributed by atoms with Crippen molar-refractivity contribution >= 4 is 0 Å². The van der Waals surface area contributed by atoms with Crippen LogP contribution in [-0.2, 0) is 12.0 Å². The predicted molar refractivity (Wildman–Crippen MR) is 106 cm³/mol. The fourth-order valence-corrected chi connectivity index (χ4v) is 3.09. The Kier molecular flexibility index (Phi) is 4.08. The van der Waals surface area contributed by atoms with Crippen molar-refractivity contribution in [2.24, 2.45) is 0 Å². The van der Waals surface area contributed by atoms with Crippen molar-refractivity contribution in [3.05, 3.63) is 84.2 Å². The Morgan fingerprint density at radius 1 is 0.808 bits per heavy atom. The number of nitrogens with zero attached hydrogens (tertiary/aromatic N) is 3. The van der Waals surface area contributed by atoms with Crippen LogP contribution < -0.4 is 0 Å². The quantitative estimate of drug-likeness (QED) is 0.500. The Hall–Kier alpha value is -2.94. The van der Waals surface area contributed by atoms with Gasteiger partial charge in [0.05, 0.1) is 5.69 Å². The molecule has 2 aromatic rings. The number of aromatic nitrogens is 3. The van der Waals surface area contributed by atoms with Gasteiger partial charge in [0.15, 0.2) is 5.82 Å². The number of benzene rings is 2. The summed E-state index contributed by atoms with van der Waals surface area (Å²) in [5, 5.41) is 0. The largest absolute Gasteiger partial charge is 0.348 e. The summed E-state index contributed by atoms with van der Waals surface area (Å²) in [6.07, 6.45) is 4.15. The van der Waals surface area contributed by atoms with Gasteiger partial charge >= 0.3 is 0 Å². The number of pyridine rings is 1. The van der Waals surface area contributed by atoms with Crippen LogP contribution in [0.4, 0.5) is 0 Å². The lowest BCUT2D eigenvalue weighted by molar-refractivity contribution is 0.589. The van der Waals surface area contributed by atoms with Crippen LogP contribution in [0.2, 0.25) is 0 Å². The molecule has 2 heterocycles. The highest BCUT2D eigenvalue weighted by Crippen LogP contribution is 2.25. The molecule has 0 saturated heterocycles. The molecule has 3 heteroatoms. The second-order valence-electron chi connectivity index (χ2n) is 7.75. The van der Waals surface area contributed by atoms with Gasteiger partial charge in [-0.25, -0.2) is 9.97 Å². The Labute approximate surface area is 154 Å². The van der Waals surface area contributed by atoms with Crippen molar-refractivity contribution in [2.75, 3.05) is 0 Å². The monoisotopic (exact) mass is 341 g/mol. The molecule has 0 amide bonds. The minimum absolute atomic E-state index is 0.184. The summed E-state index contributed by atoms with van der Waals surface area (Å²) in [5.74, 6) is 0.785. The van der Waals surface area contributed by atoms with E-state index in [0.29, 0.717) is 0 Å². The molecule has 0 fully saturated rings. The normalized spacial score (nSPS) is 11.8. The molecule has 26 heavy (non-hydrogen) atoms. The molecule has 0 radical (unpaired) electrons. The molecular weight excluding hydrogens is 318 g/mol. The molecule has 130 valence electrons. The van der Waals surface area contributed by atoms with E-state index >= 15 is 0 Å². The fraction of sp³-hybridized carbons (Fsp3) is 0.217. The van der Waals surface area contributed by atoms with Crippen LogP contribution in [0.3, 0.4) is 0 Å². The topological polar surface area (TPSA) is 30.7 Å². The molecular formula is C23H23N3. The zero-order valence-electron chi connectivity index (χ0n) is 15.5. The predicted octanol–water partition coefficient (Wildman–Crippen LogP) is 5.40. The van der Waals surface area contributed by atoms with Crippen LogP contribution >= 0.6 is 0 Å². The van der Waals surface area contributed by atoms with E-state index in [9.17, 15) is 0 Å². The van der Waals surface area contributed by atoms with E-state index in [0.717, 1.165) is 29.3 Å². The van der Waals surface area contributed by atoms with Gasteiger partial charge in [0.25, 0.3) is 0 Å². The van der Waals surface area contributed by atoms with Crippen molar-refractivity contribution in [1.29, 1.82) is 0 Å². The molecule has 0 spiro atoms. The van der Waals surface area contributed by atoms with E-state index in [-0.39, 0.29) is 5.41 Å². The number of rotatable bonds is 3. The molecule has 2 aliphatic rings. The Morgan fingerprint density at radius 3 is 2.19 bits per heavy atom. The van der Waals surface area contributed by atoms with Crippen LogP contribution in [0.25, 0.3) is 22.8 Å². The van der Waals surface area contributed by atoms with Gasteiger partial charge in [-0.15, -0.1) is 0 Å².